The molecule has 0 atom stereocenters. The fourth-order valence-electron chi connectivity index (χ4n) is 2.54. The summed E-state index contributed by atoms with van der Waals surface area (Å²) in [6.45, 7) is 6.01. The Bertz CT molecular complexity index is 652. The van der Waals surface area contributed by atoms with Crippen molar-refractivity contribution in [3.63, 3.8) is 0 Å². The van der Waals surface area contributed by atoms with Gasteiger partial charge in [-0.25, -0.2) is 4.39 Å². The molecule has 3 rings (SSSR count). The molecule has 0 radical (unpaired) electrons. The average Bonchev–Trinajstić information content (AvgIpc) is 2.93. The zero-order chi connectivity index (χ0) is 14.8. The summed E-state index contributed by atoms with van der Waals surface area (Å²) in [4.78, 5) is 0. The maximum Gasteiger partial charge on any atom is 0.128 e. The van der Waals surface area contributed by atoms with E-state index in [1.165, 1.54) is 11.1 Å². The van der Waals surface area contributed by atoms with Gasteiger partial charge >= 0.3 is 0 Å². The quantitative estimate of drug-likeness (QED) is 0.916. The van der Waals surface area contributed by atoms with Crippen LogP contribution in [0.3, 0.4) is 0 Å². The van der Waals surface area contributed by atoms with Gasteiger partial charge in [-0.1, -0.05) is 38.1 Å². The van der Waals surface area contributed by atoms with Crippen LogP contribution in [0.4, 0.5) is 4.39 Å². The van der Waals surface area contributed by atoms with Crippen LogP contribution in [0.2, 0.25) is 0 Å². The summed E-state index contributed by atoms with van der Waals surface area (Å²) in [5.74, 6) is -0.155. The maximum absolute atomic E-state index is 14.2. The molecule has 1 heterocycles. The molecule has 0 unspecified atom stereocenters. The van der Waals surface area contributed by atoms with E-state index in [4.69, 9.17) is 4.74 Å². The first-order chi connectivity index (χ1) is 10.1. The van der Waals surface area contributed by atoms with E-state index in [0.717, 1.165) is 11.1 Å². The zero-order valence-corrected chi connectivity index (χ0v) is 12.4. The first-order valence-corrected chi connectivity index (χ1v) is 7.35. The number of hydrogen-bond donors (Lipinski definition) is 1. The van der Waals surface area contributed by atoms with Crippen LogP contribution in [-0.4, -0.2) is 6.04 Å². The molecule has 1 aliphatic heterocycles. The fourth-order valence-corrected chi connectivity index (χ4v) is 2.54. The standard InChI is InChI=1S/C18H20FNO/c1-12(2)20-9-15-5-3-14(8-18(15)19)13-4-6-16-10-21-11-17(16)7-13/h3-8,12,20H,9-11H2,1-2H3. The average molecular weight is 285 g/mol. The molecule has 3 heteroatoms. The van der Waals surface area contributed by atoms with Crippen LogP contribution in [0, 0.1) is 5.82 Å². The first kappa shape index (κ1) is 14.2. The lowest BCUT2D eigenvalue weighted by molar-refractivity contribution is 0.134. The molecular weight excluding hydrogens is 265 g/mol. The Morgan fingerprint density at radius 2 is 1.76 bits per heavy atom. The van der Waals surface area contributed by atoms with Crippen molar-refractivity contribution < 1.29 is 9.13 Å². The first-order valence-electron chi connectivity index (χ1n) is 7.35. The van der Waals surface area contributed by atoms with Gasteiger partial charge in [0.05, 0.1) is 13.2 Å². The van der Waals surface area contributed by atoms with Crippen LogP contribution in [0.5, 0.6) is 0 Å². The molecule has 21 heavy (non-hydrogen) atoms. The Kier molecular flexibility index (Phi) is 4.04. The van der Waals surface area contributed by atoms with Crippen LogP contribution in [0.15, 0.2) is 36.4 Å². The predicted octanol–water partition coefficient (Wildman–Crippen LogP) is 4.02. The van der Waals surface area contributed by atoms with Crippen molar-refractivity contribution in [1.82, 2.24) is 5.32 Å². The van der Waals surface area contributed by atoms with Crippen molar-refractivity contribution in [3.05, 3.63) is 58.9 Å². The van der Waals surface area contributed by atoms with E-state index < -0.39 is 0 Å². The van der Waals surface area contributed by atoms with Gasteiger partial charge in [-0.15, -0.1) is 0 Å². The Morgan fingerprint density at radius 3 is 2.52 bits per heavy atom. The van der Waals surface area contributed by atoms with Gasteiger partial charge in [0.2, 0.25) is 0 Å². The van der Waals surface area contributed by atoms with E-state index in [-0.39, 0.29) is 5.82 Å². The third kappa shape index (κ3) is 3.14. The molecule has 0 saturated heterocycles. The van der Waals surface area contributed by atoms with Crippen LogP contribution in [0.1, 0.15) is 30.5 Å². The highest BCUT2D eigenvalue weighted by atomic mass is 19.1. The van der Waals surface area contributed by atoms with Crippen LogP contribution in [0.25, 0.3) is 11.1 Å². The summed E-state index contributed by atoms with van der Waals surface area (Å²) in [5.41, 5.74) is 5.10. The third-order valence-corrected chi connectivity index (χ3v) is 3.81. The van der Waals surface area contributed by atoms with Crippen molar-refractivity contribution in [1.29, 1.82) is 0 Å². The molecular formula is C18H20FNO. The van der Waals surface area contributed by atoms with E-state index >= 15 is 0 Å². The second kappa shape index (κ2) is 5.96. The van der Waals surface area contributed by atoms with Crippen LogP contribution >= 0.6 is 0 Å². The summed E-state index contributed by atoms with van der Waals surface area (Å²) in [6, 6.07) is 12.0. The summed E-state index contributed by atoms with van der Waals surface area (Å²) >= 11 is 0. The molecule has 1 N–H and O–H groups in total. The molecule has 110 valence electrons. The smallest absolute Gasteiger partial charge is 0.128 e. The monoisotopic (exact) mass is 285 g/mol. The second-order valence-corrected chi connectivity index (χ2v) is 5.82. The van der Waals surface area contributed by atoms with E-state index in [2.05, 4.69) is 31.3 Å². The lowest BCUT2D eigenvalue weighted by Crippen LogP contribution is -2.22. The topological polar surface area (TPSA) is 21.3 Å². The van der Waals surface area contributed by atoms with E-state index in [1.54, 1.807) is 6.07 Å². The number of hydrogen-bond acceptors (Lipinski definition) is 2. The van der Waals surface area contributed by atoms with Gasteiger partial charge in [0.25, 0.3) is 0 Å². The minimum Gasteiger partial charge on any atom is -0.372 e. The maximum atomic E-state index is 14.2. The van der Waals surface area contributed by atoms with E-state index in [0.29, 0.717) is 31.4 Å². The summed E-state index contributed by atoms with van der Waals surface area (Å²) in [6.07, 6.45) is 0. The molecule has 1 aliphatic rings. The summed E-state index contributed by atoms with van der Waals surface area (Å²) < 4.78 is 19.6. The minimum atomic E-state index is -0.155. The van der Waals surface area contributed by atoms with E-state index in [9.17, 15) is 4.39 Å². The van der Waals surface area contributed by atoms with E-state index in [1.807, 2.05) is 18.2 Å². The van der Waals surface area contributed by atoms with Crippen LogP contribution < -0.4 is 5.32 Å². The predicted molar refractivity (Wildman–Crippen MR) is 82.3 cm³/mol. The van der Waals surface area contributed by atoms with Crippen LogP contribution in [-0.2, 0) is 24.5 Å². The Balaban J connectivity index is 1.84. The summed E-state index contributed by atoms with van der Waals surface area (Å²) in [5, 5.41) is 3.24. The van der Waals surface area contributed by atoms with Gasteiger partial charge in [0, 0.05) is 18.2 Å². The Hall–Kier alpha value is -1.71. The molecule has 2 aromatic rings. The molecule has 0 aromatic heterocycles. The normalized spacial score (nSPS) is 13.7. The molecule has 0 spiro atoms. The molecule has 0 fully saturated rings. The number of ether oxygens (including phenoxy) is 1. The van der Waals surface area contributed by atoms with Gasteiger partial charge in [0.1, 0.15) is 5.82 Å². The highest BCUT2D eigenvalue weighted by Gasteiger charge is 2.12. The molecule has 0 saturated carbocycles. The lowest BCUT2D eigenvalue weighted by Gasteiger charge is -2.10. The molecule has 0 bridgehead atoms. The third-order valence-electron chi connectivity index (χ3n) is 3.81. The minimum absolute atomic E-state index is 0.155. The largest absolute Gasteiger partial charge is 0.372 e. The number of benzene rings is 2. The number of fused-ring (bicyclic) bond motifs is 1. The second-order valence-electron chi connectivity index (χ2n) is 5.82. The molecule has 0 amide bonds. The van der Waals surface area contributed by atoms with Gasteiger partial charge in [-0.2, -0.15) is 0 Å². The van der Waals surface area contributed by atoms with Crippen molar-refractivity contribution in [2.75, 3.05) is 0 Å². The Morgan fingerprint density at radius 1 is 1.05 bits per heavy atom. The van der Waals surface area contributed by atoms with Gasteiger partial charge in [-0.3, -0.25) is 0 Å². The highest BCUT2D eigenvalue weighted by molar-refractivity contribution is 5.65. The van der Waals surface area contributed by atoms with Crippen molar-refractivity contribution in [2.45, 2.75) is 39.6 Å². The van der Waals surface area contributed by atoms with Crippen molar-refractivity contribution in [2.24, 2.45) is 0 Å². The number of rotatable bonds is 4. The van der Waals surface area contributed by atoms with Crippen molar-refractivity contribution in [3.8, 4) is 11.1 Å². The van der Waals surface area contributed by atoms with Gasteiger partial charge < -0.3 is 10.1 Å². The Labute approximate surface area is 125 Å². The number of halogens is 1. The zero-order valence-electron chi connectivity index (χ0n) is 12.4. The molecule has 2 nitrogen and oxygen atoms in total. The van der Waals surface area contributed by atoms with Gasteiger partial charge in [0.15, 0.2) is 0 Å². The van der Waals surface area contributed by atoms with Gasteiger partial charge in [-0.05, 0) is 34.4 Å². The molecule has 2 aromatic carbocycles. The highest BCUT2D eigenvalue weighted by Crippen LogP contribution is 2.28. The summed E-state index contributed by atoms with van der Waals surface area (Å²) in [7, 11) is 0. The van der Waals surface area contributed by atoms with Crippen molar-refractivity contribution >= 4 is 0 Å². The SMILES string of the molecule is CC(C)NCc1ccc(-c2ccc3c(c2)COC3)cc1F. The molecule has 0 aliphatic carbocycles. The fraction of sp³-hybridized carbons (Fsp3) is 0.333. The number of nitrogens with one attached hydrogen (secondary N) is 1. The lowest BCUT2D eigenvalue weighted by atomic mass is 9.99.